The second-order valence-electron chi connectivity index (χ2n) is 5.99. The van der Waals surface area contributed by atoms with Gasteiger partial charge in [-0.1, -0.05) is 19.1 Å². The molecule has 0 spiro atoms. The Morgan fingerprint density at radius 2 is 2.29 bits per heavy atom. The second kappa shape index (κ2) is 7.44. The molecule has 1 aromatic heterocycles. The number of nitrogens with zero attached hydrogens (tertiary/aromatic N) is 3. The van der Waals surface area contributed by atoms with Crippen LogP contribution in [0.5, 0.6) is 0 Å². The Kier molecular flexibility index (Phi) is 5.10. The average molecular weight is 329 g/mol. The van der Waals surface area contributed by atoms with Crippen LogP contribution in [0.2, 0.25) is 0 Å². The second-order valence-corrected chi connectivity index (χ2v) is 5.99. The van der Waals surface area contributed by atoms with Gasteiger partial charge in [0.25, 0.3) is 0 Å². The number of hydrogen-bond donors (Lipinski definition) is 3. The summed E-state index contributed by atoms with van der Waals surface area (Å²) in [6.07, 6.45) is 3.40. The zero-order chi connectivity index (χ0) is 16.9. The Labute approximate surface area is 141 Å². The maximum atomic E-state index is 12.1. The van der Waals surface area contributed by atoms with Crippen molar-refractivity contribution in [1.29, 1.82) is 0 Å². The molecule has 7 heteroatoms. The molecule has 1 aliphatic heterocycles. The summed E-state index contributed by atoms with van der Waals surface area (Å²) in [6.45, 7) is 2.98. The van der Waals surface area contributed by atoms with Crippen molar-refractivity contribution in [3.63, 3.8) is 0 Å². The molecule has 3 N–H and O–H groups in total. The molecule has 1 aromatic carbocycles. The molecule has 2 aromatic rings. The van der Waals surface area contributed by atoms with E-state index in [0.29, 0.717) is 12.1 Å². The molecule has 24 heavy (non-hydrogen) atoms. The Balaban J connectivity index is 1.70. The fourth-order valence-electron chi connectivity index (χ4n) is 2.99. The molecular weight excluding hydrogens is 306 g/mol. The Morgan fingerprint density at radius 3 is 3.08 bits per heavy atom. The summed E-state index contributed by atoms with van der Waals surface area (Å²) in [7, 11) is 0. The predicted molar refractivity (Wildman–Crippen MR) is 91.7 cm³/mol. The largest absolute Gasteiger partial charge is 0.396 e. The highest BCUT2D eigenvalue weighted by molar-refractivity contribution is 5.90. The summed E-state index contributed by atoms with van der Waals surface area (Å²) in [5.41, 5.74) is 1.65. The van der Waals surface area contributed by atoms with Gasteiger partial charge in [0, 0.05) is 36.9 Å². The van der Waals surface area contributed by atoms with Gasteiger partial charge in [0.2, 0.25) is 0 Å². The number of aryl methyl sites for hydroxylation is 1. The number of rotatable bonds is 6. The lowest BCUT2D eigenvalue weighted by Gasteiger charge is -2.16. The van der Waals surface area contributed by atoms with Crippen molar-refractivity contribution < 1.29 is 9.90 Å². The van der Waals surface area contributed by atoms with Crippen LogP contribution in [-0.4, -0.2) is 38.6 Å². The number of aliphatic hydroxyl groups excluding tert-OH is 1. The minimum absolute atomic E-state index is 0.0297. The summed E-state index contributed by atoms with van der Waals surface area (Å²) in [6, 6.07) is 7.32. The highest BCUT2D eigenvalue weighted by Crippen LogP contribution is 2.25. The molecule has 1 atom stereocenters. The minimum atomic E-state index is -0.265. The lowest BCUT2D eigenvalue weighted by Crippen LogP contribution is -2.38. The number of urea groups is 1. The summed E-state index contributed by atoms with van der Waals surface area (Å²) in [5, 5.41) is 23.2. The van der Waals surface area contributed by atoms with Gasteiger partial charge in [-0.2, -0.15) is 0 Å². The molecule has 0 radical (unpaired) electrons. The van der Waals surface area contributed by atoms with Crippen molar-refractivity contribution in [3.8, 4) is 11.4 Å². The van der Waals surface area contributed by atoms with Crippen LogP contribution in [0.4, 0.5) is 10.5 Å². The third kappa shape index (κ3) is 3.56. The lowest BCUT2D eigenvalue weighted by molar-refractivity contribution is 0.237. The fraction of sp³-hybridized carbons (Fsp3) is 0.471. The summed E-state index contributed by atoms with van der Waals surface area (Å²) in [4.78, 5) is 12.1. The zero-order valence-electron chi connectivity index (χ0n) is 13.8. The van der Waals surface area contributed by atoms with Crippen molar-refractivity contribution in [3.05, 3.63) is 30.1 Å². The van der Waals surface area contributed by atoms with Gasteiger partial charge in [-0.05, 0) is 31.4 Å². The number of benzene rings is 1. The van der Waals surface area contributed by atoms with E-state index in [-0.39, 0.29) is 18.7 Å². The molecule has 7 nitrogen and oxygen atoms in total. The van der Waals surface area contributed by atoms with Crippen LogP contribution in [0.25, 0.3) is 11.4 Å². The molecule has 1 unspecified atom stereocenters. The molecule has 0 bridgehead atoms. The van der Waals surface area contributed by atoms with Crippen molar-refractivity contribution in [1.82, 2.24) is 20.1 Å². The minimum Gasteiger partial charge on any atom is -0.396 e. The van der Waals surface area contributed by atoms with Crippen LogP contribution in [-0.2, 0) is 13.0 Å². The average Bonchev–Trinajstić information content (AvgIpc) is 3.17. The van der Waals surface area contributed by atoms with E-state index in [2.05, 4.69) is 25.4 Å². The van der Waals surface area contributed by atoms with E-state index in [1.54, 1.807) is 0 Å². The van der Waals surface area contributed by atoms with Gasteiger partial charge in [-0.15, -0.1) is 10.2 Å². The number of aromatic nitrogens is 3. The summed E-state index contributed by atoms with van der Waals surface area (Å²) >= 11 is 0. The standard InChI is InChI=1S/C17H23N5O2/c1-2-13(8-10-23)18-17(24)19-14-6-3-5-12(11-14)16-21-20-15-7-4-9-22(15)16/h3,5-6,11,13,23H,2,4,7-10H2,1H3,(H2,18,19,24). The fourth-order valence-corrected chi connectivity index (χ4v) is 2.99. The molecule has 0 saturated heterocycles. The molecule has 2 amide bonds. The molecule has 0 aliphatic carbocycles. The van der Waals surface area contributed by atoms with E-state index >= 15 is 0 Å². The Morgan fingerprint density at radius 1 is 1.42 bits per heavy atom. The van der Waals surface area contributed by atoms with Crippen molar-refractivity contribution in [2.24, 2.45) is 0 Å². The van der Waals surface area contributed by atoms with Crippen LogP contribution in [0, 0.1) is 0 Å². The van der Waals surface area contributed by atoms with Gasteiger partial charge >= 0.3 is 6.03 Å². The van der Waals surface area contributed by atoms with E-state index in [4.69, 9.17) is 5.11 Å². The molecule has 3 rings (SSSR count). The molecule has 128 valence electrons. The number of carbonyl (C=O) groups excluding carboxylic acids is 1. The van der Waals surface area contributed by atoms with Crippen molar-refractivity contribution in [2.45, 2.75) is 45.2 Å². The van der Waals surface area contributed by atoms with Gasteiger partial charge in [-0.3, -0.25) is 0 Å². The molecule has 2 heterocycles. The first-order valence-electron chi connectivity index (χ1n) is 8.42. The monoisotopic (exact) mass is 329 g/mol. The van der Waals surface area contributed by atoms with E-state index in [9.17, 15) is 4.79 Å². The maximum Gasteiger partial charge on any atom is 0.319 e. The number of hydrogen-bond acceptors (Lipinski definition) is 4. The molecule has 0 fully saturated rings. The third-order valence-corrected chi connectivity index (χ3v) is 4.29. The van der Waals surface area contributed by atoms with Crippen LogP contribution in [0.3, 0.4) is 0 Å². The predicted octanol–water partition coefficient (Wildman–Crippen LogP) is 2.17. The number of aliphatic hydroxyl groups is 1. The normalized spacial score (nSPS) is 14.2. The number of nitrogens with one attached hydrogen (secondary N) is 2. The van der Waals surface area contributed by atoms with Gasteiger partial charge in [0.05, 0.1) is 0 Å². The van der Waals surface area contributed by atoms with Gasteiger partial charge in [0.1, 0.15) is 5.82 Å². The first-order chi connectivity index (χ1) is 11.7. The number of fused-ring (bicyclic) bond motifs is 1. The van der Waals surface area contributed by atoms with Crippen LogP contribution in [0.1, 0.15) is 32.0 Å². The number of amides is 2. The van der Waals surface area contributed by atoms with Crippen LogP contribution in [0.15, 0.2) is 24.3 Å². The van der Waals surface area contributed by atoms with E-state index in [0.717, 1.165) is 43.0 Å². The SMILES string of the molecule is CCC(CCO)NC(=O)Nc1cccc(-c2nnc3n2CCC3)c1. The van der Waals surface area contributed by atoms with Gasteiger partial charge < -0.3 is 20.3 Å². The van der Waals surface area contributed by atoms with Crippen LogP contribution >= 0.6 is 0 Å². The molecular formula is C17H23N5O2. The van der Waals surface area contributed by atoms with Gasteiger partial charge in [0.15, 0.2) is 5.82 Å². The highest BCUT2D eigenvalue weighted by atomic mass is 16.3. The van der Waals surface area contributed by atoms with E-state index in [1.807, 2.05) is 31.2 Å². The Hall–Kier alpha value is -2.41. The number of anilines is 1. The topological polar surface area (TPSA) is 92.1 Å². The highest BCUT2D eigenvalue weighted by Gasteiger charge is 2.18. The quantitative estimate of drug-likeness (QED) is 0.757. The molecule has 0 saturated carbocycles. The maximum absolute atomic E-state index is 12.1. The van der Waals surface area contributed by atoms with E-state index < -0.39 is 0 Å². The summed E-state index contributed by atoms with van der Waals surface area (Å²) < 4.78 is 2.13. The lowest BCUT2D eigenvalue weighted by atomic mass is 10.1. The van der Waals surface area contributed by atoms with Crippen LogP contribution < -0.4 is 10.6 Å². The first-order valence-corrected chi connectivity index (χ1v) is 8.42. The van der Waals surface area contributed by atoms with Crippen molar-refractivity contribution in [2.75, 3.05) is 11.9 Å². The smallest absolute Gasteiger partial charge is 0.319 e. The first kappa shape index (κ1) is 16.4. The van der Waals surface area contributed by atoms with E-state index in [1.165, 1.54) is 0 Å². The van der Waals surface area contributed by atoms with Crippen molar-refractivity contribution >= 4 is 11.7 Å². The molecule has 1 aliphatic rings. The third-order valence-electron chi connectivity index (χ3n) is 4.29. The summed E-state index contributed by atoms with van der Waals surface area (Å²) in [5.74, 6) is 1.87. The Bertz CT molecular complexity index is 713. The van der Waals surface area contributed by atoms with Gasteiger partial charge in [-0.25, -0.2) is 4.79 Å². The number of carbonyl (C=O) groups is 1. The zero-order valence-corrected chi connectivity index (χ0v) is 13.8.